The second-order valence-electron chi connectivity index (χ2n) is 3.77. The number of benzene rings is 1. The SMILES string of the molecule is Cc1ncc(Br)c(Nc2cccc(F)c2C(N)=O)n1. The third-order valence-electron chi connectivity index (χ3n) is 2.38. The van der Waals surface area contributed by atoms with Crippen LogP contribution in [0.3, 0.4) is 0 Å². The average Bonchev–Trinajstić information content (AvgIpc) is 2.33. The molecule has 0 spiro atoms. The largest absolute Gasteiger partial charge is 0.365 e. The van der Waals surface area contributed by atoms with Crippen LogP contribution in [-0.4, -0.2) is 15.9 Å². The van der Waals surface area contributed by atoms with E-state index in [1.165, 1.54) is 12.1 Å². The molecule has 0 aliphatic rings. The predicted molar refractivity (Wildman–Crippen MR) is 72.7 cm³/mol. The first kappa shape index (κ1) is 13.4. The van der Waals surface area contributed by atoms with Gasteiger partial charge in [0.25, 0.3) is 5.91 Å². The molecule has 0 fully saturated rings. The molecule has 1 amide bonds. The fraction of sp³-hybridized carbons (Fsp3) is 0.0833. The monoisotopic (exact) mass is 324 g/mol. The van der Waals surface area contributed by atoms with E-state index in [1.54, 1.807) is 19.2 Å². The molecule has 98 valence electrons. The zero-order valence-corrected chi connectivity index (χ0v) is 11.5. The van der Waals surface area contributed by atoms with Crippen LogP contribution in [0.4, 0.5) is 15.9 Å². The van der Waals surface area contributed by atoms with Crippen LogP contribution in [-0.2, 0) is 0 Å². The van der Waals surface area contributed by atoms with Crippen molar-refractivity contribution >= 4 is 33.3 Å². The van der Waals surface area contributed by atoms with Crippen molar-refractivity contribution in [3.63, 3.8) is 0 Å². The minimum atomic E-state index is -0.845. The molecule has 0 radical (unpaired) electrons. The molecule has 0 unspecified atom stereocenters. The van der Waals surface area contributed by atoms with Crippen LogP contribution in [0.1, 0.15) is 16.2 Å². The van der Waals surface area contributed by atoms with Gasteiger partial charge in [0.15, 0.2) is 0 Å². The van der Waals surface area contributed by atoms with E-state index in [2.05, 4.69) is 31.2 Å². The van der Waals surface area contributed by atoms with Crippen LogP contribution in [0.2, 0.25) is 0 Å². The Bertz CT molecular complexity index is 648. The number of carbonyl (C=O) groups is 1. The molecule has 0 saturated heterocycles. The van der Waals surface area contributed by atoms with Crippen LogP contribution in [0, 0.1) is 12.7 Å². The van der Waals surface area contributed by atoms with Gasteiger partial charge in [-0.2, -0.15) is 0 Å². The third kappa shape index (κ3) is 2.87. The van der Waals surface area contributed by atoms with Crippen molar-refractivity contribution in [2.24, 2.45) is 5.73 Å². The van der Waals surface area contributed by atoms with Crippen LogP contribution >= 0.6 is 15.9 Å². The highest BCUT2D eigenvalue weighted by atomic mass is 79.9. The lowest BCUT2D eigenvalue weighted by Gasteiger charge is -2.11. The second-order valence-corrected chi connectivity index (χ2v) is 4.62. The molecule has 5 nitrogen and oxygen atoms in total. The number of amides is 1. The van der Waals surface area contributed by atoms with E-state index in [0.29, 0.717) is 16.1 Å². The number of hydrogen-bond acceptors (Lipinski definition) is 4. The Morgan fingerprint density at radius 3 is 2.89 bits per heavy atom. The standard InChI is InChI=1S/C12H10BrFN4O/c1-6-16-5-7(13)12(17-6)18-9-4-2-3-8(14)10(9)11(15)19/h2-5H,1H3,(H2,15,19)(H,16,17,18). The molecular formula is C12H10BrFN4O. The van der Waals surface area contributed by atoms with Gasteiger partial charge in [-0.25, -0.2) is 14.4 Å². The van der Waals surface area contributed by atoms with Gasteiger partial charge in [0, 0.05) is 6.20 Å². The molecule has 2 rings (SSSR count). The summed E-state index contributed by atoms with van der Waals surface area (Å²) in [6.07, 6.45) is 1.56. The van der Waals surface area contributed by atoms with Crippen molar-refractivity contribution in [2.75, 3.05) is 5.32 Å². The smallest absolute Gasteiger partial charge is 0.253 e. The normalized spacial score (nSPS) is 10.3. The Hall–Kier alpha value is -2.02. The summed E-state index contributed by atoms with van der Waals surface area (Å²) in [4.78, 5) is 19.4. The van der Waals surface area contributed by atoms with Gasteiger partial charge in [-0.15, -0.1) is 0 Å². The first-order valence-corrected chi connectivity index (χ1v) is 6.13. The Labute approximate surface area is 117 Å². The van der Waals surface area contributed by atoms with E-state index >= 15 is 0 Å². The summed E-state index contributed by atoms with van der Waals surface area (Å²) in [5, 5.41) is 2.86. The number of nitrogens with one attached hydrogen (secondary N) is 1. The highest BCUT2D eigenvalue weighted by molar-refractivity contribution is 9.10. The highest BCUT2D eigenvalue weighted by Gasteiger charge is 2.15. The number of primary amides is 1. The van der Waals surface area contributed by atoms with E-state index in [9.17, 15) is 9.18 Å². The fourth-order valence-corrected chi connectivity index (χ4v) is 1.84. The first-order chi connectivity index (χ1) is 8.99. The summed E-state index contributed by atoms with van der Waals surface area (Å²) in [5.41, 5.74) is 5.23. The zero-order chi connectivity index (χ0) is 14.0. The van der Waals surface area contributed by atoms with Crippen LogP contribution < -0.4 is 11.1 Å². The van der Waals surface area contributed by atoms with Gasteiger partial charge < -0.3 is 11.1 Å². The molecule has 1 aromatic carbocycles. The van der Waals surface area contributed by atoms with E-state index in [0.717, 1.165) is 0 Å². The Kier molecular flexibility index (Phi) is 3.75. The van der Waals surface area contributed by atoms with Gasteiger partial charge in [-0.1, -0.05) is 6.07 Å². The van der Waals surface area contributed by atoms with Crippen molar-refractivity contribution < 1.29 is 9.18 Å². The maximum absolute atomic E-state index is 13.6. The van der Waals surface area contributed by atoms with Gasteiger partial charge in [-0.05, 0) is 35.0 Å². The average molecular weight is 325 g/mol. The minimum Gasteiger partial charge on any atom is -0.365 e. The van der Waals surface area contributed by atoms with Crippen LogP contribution in [0.5, 0.6) is 0 Å². The number of halogens is 2. The maximum Gasteiger partial charge on any atom is 0.253 e. The molecule has 1 heterocycles. The summed E-state index contributed by atoms with van der Waals surface area (Å²) in [7, 11) is 0. The van der Waals surface area contributed by atoms with Gasteiger partial charge >= 0.3 is 0 Å². The molecule has 19 heavy (non-hydrogen) atoms. The number of aromatic nitrogens is 2. The topological polar surface area (TPSA) is 80.9 Å². The number of rotatable bonds is 3. The summed E-state index contributed by atoms with van der Waals surface area (Å²) < 4.78 is 14.2. The molecular weight excluding hydrogens is 315 g/mol. The predicted octanol–water partition coefficient (Wildman–Crippen LogP) is 2.53. The lowest BCUT2D eigenvalue weighted by molar-refractivity contribution is 0.0997. The van der Waals surface area contributed by atoms with Crippen molar-refractivity contribution in [2.45, 2.75) is 6.92 Å². The second kappa shape index (κ2) is 5.31. The molecule has 0 saturated carbocycles. The van der Waals surface area contributed by atoms with Crippen molar-refractivity contribution in [1.82, 2.24) is 9.97 Å². The number of nitrogens with two attached hydrogens (primary N) is 1. The van der Waals surface area contributed by atoms with Gasteiger partial charge in [-0.3, -0.25) is 4.79 Å². The third-order valence-corrected chi connectivity index (χ3v) is 2.96. The van der Waals surface area contributed by atoms with Crippen LogP contribution in [0.25, 0.3) is 0 Å². The lowest BCUT2D eigenvalue weighted by atomic mass is 10.1. The molecule has 0 aliphatic heterocycles. The molecule has 2 aromatic rings. The summed E-state index contributed by atoms with van der Waals surface area (Å²) in [6.45, 7) is 1.72. The molecule has 3 N–H and O–H groups in total. The van der Waals surface area contributed by atoms with Crippen molar-refractivity contribution in [1.29, 1.82) is 0 Å². The van der Waals surface area contributed by atoms with Crippen molar-refractivity contribution in [3.8, 4) is 0 Å². The number of aryl methyl sites for hydroxylation is 1. The Morgan fingerprint density at radius 1 is 1.47 bits per heavy atom. The number of hydrogen-bond donors (Lipinski definition) is 2. The highest BCUT2D eigenvalue weighted by Crippen LogP contribution is 2.26. The summed E-state index contributed by atoms with van der Waals surface area (Å²) in [6, 6.07) is 4.20. The van der Waals surface area contributed by atoms with E-state index < -0.39 is 11.7 Å². The maximum atomic E-state index is 13.6. The molecule has 0 aliphatic carbocycles. The van der Waals surface area contributed by atoms with Gasteiger partial charge in [0.05, 0.1) is 15.7 Å². The van der Waals surface area contributed by atoms with E-state index in [1.807, 2.05) is 0 Å². The molecule has 0 atom stereocenters. The molecule has 0 bridgehead atoms. The Balaban J connectivity index is 2.46. The van der Waals surface area contributed by atoms with E-state index in [-0.39, 0.29) is 11.3 Å². The number of nitrogens with zero attached hydrogens (tertiary/aromatic N) is 2. The number of carbonyl (C=O) groups excluding carboxylic acids is 1. The summed E-state index contributed by atoms with van der Waals surface area (Å²) >= 11 is 3.27. The van der Waals surface area contributed by atoms with E-state index in [4.69, 9.17) is 5.73 Å². The van der Waals surface area contributed by atoms with Crippen LogP contribution in [0.15, 0.2) is 28.9 Å². The Morgan fingerprint density at radius 2 is 2.21 bits per heavy atom. The fourth-order valence-electron chi connectivity index (χ4n) is 1.55. The minimum absolute atomic E-state index is 0.203. The number of anilines is 2. The van der Waals surface area contributed by atoms with Gasteiger partial charge in [0.1, 0.15) is 17.5 Å². The quantitative estimate of drug-likeness (QED) is 0.909. The van der Waals surface area contributed by atoms with Gasteiger partial charge in [0.2, 0.25) is 0 Å². The first-order valence-electron chi connectivity index (χ1n) is 5.33. The van der Waals surface area contributed by atoms with Crippen molar-refractivity contribution in [3.05, 3.63) is 46.1 Å². The lowest BCUT2D eigenvalue weighted by Crippen LogP contribution is -2.15. The molecule has 1 aromatic heterocycles. The summed E-state index contributed by atoms with van der Waals surface area (Å²) in [5.74, 6) is -0.551. The zero-order valence-electron chi connectivity index (χ0n) is 9.95. The molecule has 7 heteroatoms.